The molecule has 0 aliphatic heterocycles. The maximum atomic E-state index is 13.0. The predicted molar refractivity (Wildman–Crippen MR) is 112 cm³/mol. The quantitative estimate of drug-likeness (QED) is 0.652. The van der Waals surface area contributed by atoms with E-state index in [0.717, 1.165) is 18.4 Å². The number of sulfonamides is 1. The molecule has 8 nitrogen and oxygen atoms in total. The Morgan fingerprint density at radius 3 is 2.37 bits per heavy atom. The molecule has 2 aromatic rings. The number of hydrogen-bond acceptors (Lipinski definition) is 6. The number of rotatable bonds is 9. The highest BCUT2D eigenvalue weighted by Crippen LogP contribution is 2.32. The molecule has 0 spiro atoms. The lowest BCUT2D eigenvalue weighted by Gasteiger charge is -2.20. The minimum Gasteiger partial charge on any atom is -0.495 e. The third-order valence-electron chi connectivity index (χ3n) is 4.84. The Balaban J connectivity index is 1.87. The summed E-state index contributed by atoms with van der Waals surface area (Å²) >= 11 is 0. The highest BCUT2D eigenvalue weighted by Gasteiger charge is 2.30. The summed E-state index contributed by atoms with van der Waals surface area (Å²) in [4.78, 5) is 14.5. The molecule has 0 aromatic heterocycles. The maximum absolute atomic E-state index is 13.0. The fourth-order valence-corrected chi connectivity index (χ4v) is 4.63. The van der Waals surface area contributed by atoms with Crippen molar-refractivity contribution >= 4 is 15.9 Å². The fraction of sp³-hybridized carbons (Fsp3) is 0.381. The van der Waals surface area contributed by atoms with Crippen LogP contribution in [0.2, 0.25) is 0 Å². The molecule has 30 heavy (non-hydrogen) atoms. The number of para-hydroxylation sites is 1. The van der Waals surface area contributed by atoms with Gasteiger partial charge in [-0.3, -0.25) is 4.79 Å². The van der Waals surface area contributed by atoms with Gasteiger partial charge in [-0.05, 0) is 37.1 Å². The second-order valence-corrected chi connectivity index (χ2v) is 8.76. The van der Waals surface area contributed by atoms with Gasteiger partial charge in [0.25, 0.3) is 5.91 Å². The van der Waals surface area contributed by atoms with Gasteiger partial charge in [0.2, 0.25) is 10.0 Å². The molecule has 0 heterocycles. The van der Waals surface area contributed by atoms with E-state index in [-0.39, 0.29) is 34.7 Å². The van der Waals surface area contributed by atoms with Crippen LogP contribution >= 0.6 is 0 Å². The van der Waals surface area contributed by atoms with Gasteiger partial charge >= 0.3 is 0 Å². The number of carbonyl (C=O) groups excluding carboxylic acids is 1. The van der Waals surface area contributed by atoms with Crippen LogP contribution in [-0.4, -0.2) is 53.6 Å². The molecule has 1 aliphatic rings. The zero-order valence-electron chi connectivity index (χ0n) is 17.5. The third kappa shape index (κ3) is 4.68. The summed E-state index contributed by atoms with van der Waals surface area (Å²) in [5.74, 6) is 0.980. The lowest BCUT2D eigenvalue weighted by Crippen LogP contribution is -2.28. The van der Waals surface area contributed by atoms with Gasteiger partial charge in [0.1, 0.15) is 10.6 Å². The summed E-state index contributed by atoms with van der Waals surface area (Å²) in [5, 5.41) is 0. The monoisotopic (exact) mass is 434 g/mol. The van der Waals surface area contributed by atoms with Crippen molar-refractivity contribution < 1.29 is 27.4 Å². The van der Waals surface area contributed by atoms with E-state index in [1.807, 2.05) is 12.1 Å². The Kier molecular flexibility index (Phi) is 6.52. The van der Waals surface area contributed by atoms with Crippen LogP contribution in [0.15, 0.2) is 41.3 Å². The van der Waals surface area contributed by atoms with Gasteiger partial charge < -0.3 is 19.1 Å². The van der Waals surface area contributed by atoms with E-state index < -0.39 is 10.0 Å². The molecular formula is C21H26N2O6S. The molecule has 1 fully saturated rings. The Morgan fingerprint density at radius 1 is 1.07 bits per heavy atom. The van der Waals surface area contributed by atoms with Crippen molar-refractivity contribution in [2.24, 2.45) is 0 Å². The van der Waals surface area contributed by atoms with Crippen molar-refractivity contribution in [3.8, 4) is 17.2 Å². The lowest BCUT2D eigenvalue weighted by molar-refractivity contribution is 0.0783. The lowest BCUT2D eigenvalue weighted by atomic mass is 10.1. The average molecular weight is 435 g/mol. The number of nitrogens with one attached hydrogen (secondary N) is 1. The van der Waals surface area contributed by atoms with E-state index in [9.17, 15) is 13.2 Å². The van der Waals surface area contributed by atoms with E-state index >= 15 is 0 Å². The third-order valence-corrected chi connectivity index (χ3v) is 6.38. The number of amides is 1. The van der Waals surface area contributed by atoms with Crippen molar-refractivity contribution in [1.82, 2.24) is 9.62 Å². The second kappa shape index (κ2) is 8.93. The molecule has 1 amide bonds. The Hall–Kier alpha value is -2.78. The van der Waals surface area contributed by atoms with Gasteiger partial charge in [0.15, 0.2) is 11.5 Å². The summed E-state index contributed by atoms with van der Waals surface area (Å²) in [6, 6.07) is 9.78. The minimum absolute atomic E-state index is 0.0462. The highest BCUT2D eigenvalue weighted by molar-refractivity contribution is 7.89. The first kappa shape index (κ1) is 21.9. The summed E-state index contributed by atoms with van der Waals surface area (Å²) in [6.07, 6.45) is 1.62. The molecule has 0 bridgehead atoms. The van der Waals surface area contributed by atoms with Gasteiger partial charge in [0, 0.05) is 30.8 Å². The molecule has 1 saturated carbocycles. The molecule has 0 saturated heterocycles. The van der Waals surface area contributed by atoms with Crippen molar-refractivity contribution in [2.75, 3.05) is 28.4 Å². The number of nitrogens with zero attached hydrogens (tertiary/aromatic N) is 1. The van der Waals surface area contributed by atoms with Crippen LogP contribution in [0.4, 0.5) is 0 Å². The molecule has 1 N–H and O–H groups in total. The van der Waals surface area contributed by atoms with E-state index in [1.54, 1.807) is 26.3 Å². The summed E-state index contributed by atoms with van der Waals surface area (Å²) in [5.41, 5.74) is 1.01. The fourth-order valence-electron chi connectivity index (χ4n) is 3.13. The van der Waals surface area contributed by atoms with Crippen LogP contribution in [0.25, 0.3) is 0 Å². The van der Waals surface area contributed by atoms with Gasteiger partial charge in [-0.2, -0.15) is 0 Å². The topological polar surface area (TPSA) is 94.2 Å². The first-order chi connectivity index (χ1) is 14.3. The molecule has 9 heteroatoms. The maximum Gasteiger partial charge on any atom is 0.253 e. The van der Waals surface area contributed by atoms with E-state index in [1.165, 1.54) is 31.3 Å². The molecule has 0 atom stereocenters. The van der Waals surface area contributed by atoms with Crippen LogP contribution in [0, 0.1) is 0 Å². The number of hydrogen-bond donors (Lipinski definition) is 1. The summed E-state index contributed by atoms with van der Waals surface area (Å²) < 4.78 is 44.0. The van der Waals surface area contributed by atoms with Crippen molar-refractivity contribution in [3.05, 3.63) is 47.5 Å². The number of ether oxygens (including phenoxy) is 3. The number of carbonyl (C=O) groups is 1. The SMILES string of the molecule is COc1ccc(C(=O)N(C)Cc2cccc(OC)c2OC)cc1S(=O)(=O)NC1CC1. The first-order valence-electron chi connectivity index (χ1n) is 9.46. The van der Waals surface area contributed by atoms with E-state index in [4.69, 9.17) is 14.2 Å². The average Bonchev–Trinajstić information content (AvgIpc) is 3.55. The van der Waals surface area contributed by atoms with Crippen LogP contribution in [0.1, 0.15) is 28.8 Å². The van der Waals surface area contributed by atoms with Gasteiger partial charge in [-0.25, -0.2) is 13.1 Å². The highest BCUT2D eigenvalue weighted by atomic mass is 32.2. The molecular weight excluding hydrogens is 408 g/mol. The summed E-state index contributed by atoms with van der Waals surface area (Å²) in [7, 11) is 2.34. The number of benzene rings is 2. The molecule has 0 radical (unpaired) electrons. The molecule has 1 aliphatic carbocycles. The van der Waals surface area contributed by atoms with Gasteiger partial charge in [-0.15, -0.1) is 0 Å². The standard InChI is InChI=1S/C21H26N2O6S/c1-23(13-15-6-5-7-18(28-3)20(15)29-4)21(24)14-8-11-17(27-2)19(12-14)30(25,26)22-16-9-10-16/h5-8,11-12,16,22H,9-10,13H2,1-4H3. The van der Waals surface area contributed by atoms with Gasteiger partial charge in [-0.1, -0.05) is 12.1 Å². The molecule has 162 valence electrons. The molecule has 0 unspecified atom stereocenters. The van der Waals surface area contributed by atoms with Crippen LogP contribution < -0.4 is 18.9 Å². The van der Waals surface area contributed by atoms with E-state index in [0.29, 0.717) is 11.5 Å². The second-order valence-electron chi connectivity index (χ2n) is 7.08. The number of methoxy groups -OCH3 is 3. The van der Waals surface area contributed by atoms with E-state index in [2.05, 4.69) is 4.72 Å². The predicted octanol–water partition coefficient (Wildman–Crippen LogP) is 2.43. The van der Waals surface area contributed by atoms with Crippen molar-refractivity contribution in [2.45, 2.75) is 30.3 Å². The van der Waals surface area contributed by atoms with Crippen LogP contribution in [-0.2, 0) is 16.6 Å². The summed E-state index contributed by atoms with van der Waals surface area (Å²) in [6.45, 7) is 0.258. The van der Waals surface area contributed by atoms with Crippen molar-refractivity contribution in [1.29, 1.82) is 0 Å². The molecule has 3 rings (SSSR count). The zero-order chi connectivity index (χ0) is 21.9. The van der Waals surface area contributed by atoms with Crippen LogP contribution in [0.5, 0.6) is 17.2 Å². The first-order valence-corrected chi connectivity index (χ1v) is 10.9. The zero-order valence-corrected chi connectivity index (χ0v) is 18.3. The molecule has 2 aromatic carbocycles. The smallest absolute Gasteiger partial charge is 0.253 e. The van der Waals surface area contributed by atoms with Crippen LogP contribution in [0.3, 0.4) is 0 Å². The minimum atomic E-state index is -3.78. The Labute approximate surface area is 176 Å². The van der Waals surface area contributed by atoms with Gasteiger partial charge in [0.05, 0.1) is 21.3 Å². The largest absolute Gasteiger partial charge is 0.495 e. The Bertz CT molecular complexity index is 1030. The Morgan fingerprint density at radius 2 is 1.77 bits per heavy atom. The normalized spacial score (nSPS) is 13.6. The van der Waals surface area contributed by atoms with Crippen molar-refractivity contribution in [3.63, 3.8) is 0 Å².